The Hall–Kier alpha value is -1.92. The zero-order chi connectivity index (χ0) is 14.5. The highest BCUT2D eigenvalue weighted by Crippen LogP contribution is 2.24. The molecule has 4 N–H and O–H groups in total. The average molecular weight is 277 g/mol. The van der Waals surface area contributed by atoms with Gasteiger partial charge in [-0.3, -0.25) is 9.59 Å². The monoisotopic (exact) mass is 277 g/mol. The minimum Gasteiger partial charge on any atom is -0.395 e. The third-order valence-electron chi connectivity index (χ3n) is 3.38. The zero-order valence-corrected chi connectivity index (χ0v) is 11.2. The summed E-state index contributed by atoms with van der Waals surface area (Å²) in [5, 5.41) is 11.2. The maximum absolute atomic E-state index is 11.9. The van der Waals surface area contributed by atoms with E-state index in [1.54, 1.807) is 29.2 Å². The number of nitrogens with two attached hydrogens (primary N) is 1. The van der Waals surface area contributed by atoms with Gasteiger partial charge in [-0.15, -0.1) is 0 Å². The third kappa shape index (κ3) is 3.15. The van der Waals surface area contributed by atoms with E-state index in [2.05, 4.69) is 5.32 Å². The van der Waals surface area contributed by atoms with Gasteiger partial charge in [0.2, 0.25) is 5.91 Å². The Balaban J connectivity index is 2.05. The summed E-state index contributed by atoms with van der Waals surface area (Å²) in [7, 11) is 0. The van der Waals surface area contributed by atoms with Crippen LogP contribution in [0.2, 0.25) is 0 Å². The quantitative estimate of drug-likeness (QED) is 0.690. The van der Waals surface area contributed by atoms with E-state index in [0.29, 0.717) is 25.1 Å². The Bertz CT molecular complexity index is 487. The van der Waals surface area contributed by atoms with Gasteiger partial charge in [0.05, 0.1) is 6.61 Å². The van der Waals surface area contributed by atoms with E-state index >= 15 is 0 Å². The molecule has 1 aliphatic heterocycles. The van der Waals surface area contributed by atoms with Crippen molar-refractivity contribution in [1.29, 1.82) is 0 Å². The molecule has 1 saturated heterocycles. The molecule has 1 atom stereocenters. The molecule has 0 radical (unpaired) electrons. The van der Waals surface area contributed by atoms with Gasteiger partial charge >= 0.3 is 0 Å². The third-order valence-corrected chi connectivity index (χ3v) is 3.38. The fraction of sp³-hybridized carbons (Fsp3) is 0.429. The molecule has 1 fully saturated rings. The average Bonchev–Trinajstić information content (AvgIpc) is 2.86. The summed E-state index contributed by atoms with van der Waals surface area (Å²) in [6.45, 7) is 1.27. The molecule has 0 bridgehead atoms. The van der Waals surface area contributed by atoms with Gasteiger partial charge in [0.1, 0.15) is 0 Å². The second-order valence-corrected chi connectivity index (χ2v) is 4.84. The minimum atomic E-state index is -0.238. The molecule has 0 aromatic heterocycles. The van der Waals surface area contributed by atoms with E-state index < -0.39 is 0 Å². The number of aliphatic hydroxyl groups is 1. The van der Waals surface area contributed by atoms with Crippen molar-refractivity contribution in [2.45, 2.75) is 6.42 Å². The van der Waals surface area contributed by atoms with E-state index in [0.717, 1.165) is 5.69 Å². The number of carbonyl (C=O) groups excluding carboxylic acids is 2. The molecule has 1 unspecified atom stereocenters. The van der Waals surface area contributed by atoms with E-state index in [9.17, 15) is 9.59 Å². The van der Waals surface area contributed by atoms with Crippen LogP contribution in [0.1, 0.15) is 16.8 Å². The number of nitrogens with zero attached hydrogens (tertiary/aromatic N) is 1. The van der Waals surface area contributed by atoms with Gasteiger partial charge in [-0.05, 0) is 36.7 Å². The number of benzene rings is 1. The lowest BCUT2D eigenvalue weighted by Crippen LogP contribution is -2.27. The van der Waals surface area contributed by atoms with Crippen LogP contribution in [0.4, 0.5) is 5.69 Å². The fourth-order valence-corrected chi connectivity index (χ4v) is 2.25. The summed E-state index contributed by atoms with van der Waals surface area (Å²) < 4.78 is 0. The molecule has 1 heterocycles. The van der Waals surface area contributed by atoms with Crippen LogP contribution in [-0.2, 0) is 4.79 Å². The highest BCUT2D eigenvalue weighted by molar-refractivity contribution is 5.97. The molecule has 0 aliphatic carbocycles. The van der Waals surface area contributed by atoms with Crippen molar-refractivity contribution in [2.75, 3.05) is 31.1 Å². The molecule has 108 valence electrons. The van der Waals surface area contributed by atoms with E-state index in [4.69, 9.17) is 10.8 Å². The molecule has 0 spiro atoms. The first-order valence-corrected chi connectivity index (χ1v) is 6.65. The number of aliphatic hydroxyl groups excluding tert-OH is 1. The van der Waals surface area contributed by atoms with Crippen molar-refractivity contribution in [1.82, 2.24) is 5.32 Å². The zero-order valence-electron chi connectivity index (χ0n) is 11.2. The number of hydrogen-bond acceptors (Lipinski definition) is 4. The highest BCUT2D eigenvalue weighted by atomic mass is 16.3. The molecule has 20 heavy (non-hydrogen) atoms. The van der Waals surface area contributed by atoms with E-state index in [1.807, 2.05) is 0 Å². The van der Waals surface area contributed by atoms with Crippen LogP contribution in [0.15, 0.2) is 24.3 Å². The first kappa shape index (κ1) is 14.5. The molecule has 2 amide bonds. The lowest BCUT2D eigenvalue weighted by atomic mass is 10.1. The SMILES string of the molecule is NCC1CC(=O)N(c2ccc(C(=O)NCCO)cc2)C1. The molecule has 6 nitrogen and oxygen atoms in total. The second-order valence-electron chi connectivity index (χ2n) is 4.84. The smallest absolute Gasteiger partial charge is 0.251 e. The predicted octanol–water partition coefficient (Wildman–Crippen LogP) is -0.280. The van der Waals surface area contributed by atoms with Crippen LogP contribution in [0.5, 0.6) is 0 Å². The number of nitrogens with one attached hydrogen (secondary N) is 1. The minimum absolute atomic E-state index is 0.0675. The molecule has 1 aliphatic rings. The molecule has 0 saturated carbocycles. The maximum atomic E-state index is 11.9. The molecule has 6 heteroatoms. The Morgan fingerprint density at radius 3 is 2.65 bits per heavy atom. The molecule has 1 aromatic carbocycles. The Morgan fingerprint density at radius 1 is 1.40 bits per heavy atom. The summed E-state index contributed by atoms with van der Waals surface area (Å²) in [4.78, 5) is 25.2. The van der Waals surface area contributed by atoms with Crippen molar-refractivity contribution < 1.29 is 14.7 Å². The molecular formula is C14H19N3O3. The van der Waals surface area contributed by atoms with Gasteiger partial charge in [0.15, 0.2) is 0 Å². The summed E-state index contributed by atoms with van der Waals surface area (Å²) in [6.07, 6.45) is 0.481. The molecular weight excluding hydrogens is 258 g/mol. The molecule has 1 aromatic rings. The topological polar surface area (TPSA) is 95.7 Å². The van der Waals surface area contributed by atoms with Crippen LogP contribution >= 0.6 is 0 Å². The van der Waals surface area contributed by atoms with Crippen LogP contribution in [-0.4, -0.2) is 43.2 Å². The van der Waals surface area contributed by atoms with Gasteiger partial charge in [-0.25, -0.2) is 0 Å². The summed E-state index contributed by atoms with van der Waals surface area (Å²) in [5.41, 5.74) is 6.88. The maximum Gasteiger partial charge on any atom is 0.251 e. The van der Waals surface area contributed by atoms with Gasteiger partial charge < -0.3 is 21.1 Å². The number of carbonyl (C=O) groups is 2. The summed E-state index contributed by atoms with van der Waals surface area (Å²) in [6, 6.07) is 6.85. The van der Waals surface area contributed by atoms with Crippen LogP contribution in [0, 0.1) is 5.92 Å². The van der Waals surface area contributed by atoms with E-state index in [1.165, 1.54) is 0 Å². The predicted molar refractivity (Wildman–Crippen MR) is 75.4 cm³/mol. The number of hydrogen-bond donors (Lipinski definition) is 3. The van der Waals surface area contributed by atoms with Crippen LogP contribution < -0.4 is 16.0 Å². The van der Waals surface area contributed by atoms with E-state index in [-0.39, 0.29) is 30.9 Å². The van der Waals surface area contributed by atoms with Gasteiger partial charge in [0, 0.05) is 30.8 Å². The second kappa shape index (κ2) is 6.49. The Morgan fingerprint density at radius 2 is 2.10 bits per heavy atom. The highest BCUT2D eigenvalue weighted by Gasteiger charge is 2.29. The number of anilines is 1. The standard InChI is InChI=1S/C14H19N3O3/c15-8-10-7-13(19)17(9-10)12-3-1-11(2-4-12)14(20)16-5-6-18/h1-4,10,18H,5-9,15H2,(H,16,20). The lowest BCUT2D eigenvalue weighted by molar-refractivity contribution is -0.117. The number of rotatable bonds is 5. The fourth-order valence-electron chi connectivity index (χ4n) is 2.25. The first-order valence-electron chi connectivity index (χ1n) is 6.65. The van der Waals surface area contributed by atoms with Crippen molar-refractivity contribution >= 4 is 17.5 Å². The van der Waals surface area contributed by atoms with Gasteiger partial charge in [-0.1, -0.05) is 0 Å². The van der Waals surface area contributed by atoms with Crippen molar-refractivity contribution in [3.8, 4) is 0 Å². The largest absolute Gasteiger partial charge is 0.395 e. The van der Waals surface area contributed by atoms with Crippen molar-refractivity contribution in [3.05, 3.63) is 29.8 Å². The summed E-state index contributed by atoms with van der Waals surface area (Å²) in [5.74, 6) is 0.0335. The summed E-state index contributed by atoms with van der Waals surface area (Å²) >= 11 is 0. The van der Waals surface area contributed by atoms with Gasteiger partial charge in [-0.2, -0.15) is 0 Å². The van der Waals surface area contributed by atoms with Gasteiger partial charge in [0.25, 0.3) is 5.91 Å². The Kier molecular flexibility index (Phi) is 4.70. The normalized spacial score (nSPS) is 18.4. The number of amides is 2. The first-order chi connectivity index (χ1) is 9.65. The van der Waals surface area contributed by atoms with Crippen LogP contribution in [0.25, 0.3) is 0 Å². The van der Waals surface area contributed by atoms with Crippen molar-refractivity contribution in [2.24, 2.45) is 11.7 Å². The van der Waals surface area contributed by atoms with Crippen LogP contribution in [0.3, 0.4) is 0 Å². The Labute approximate surface area is 117 Å². The van der Waals surface area contributed by atoms with Crippen molar-refractivity contribution in [3.63, 3.8) is 0 Å². The lowest BCUT2D eigenvalue weighted by Gasteiger charge is -2.16. The molecule has 2 rings (SSSR count).